The predicted molar refractivity (Wildman–Crippen MR) is 32.5 cm³/mol. The molecular weight excluding hydrogens is 102 g/mol. The first-order chi connectivity index (χ1) is 3.84. The smallest absolute Gasteiger partial charge is 0.113 e. The summed E-state index contributed by atoms with van der Waals surface area (Å²) in [5, 5.41) is 11.9. The van der Waals surface area contributed by atoms with Crippen LogP contribution in [-0.4, -0.2) is 11.7 Å². The van der Waals surface area contributed by atoms with Crippen LogP contribution in [-0.2, 0) is 0 Å². The van der Waals surface area contributed by atoms with E-state index in [0.29, 0.717) is 11.7 Å². The standard InChI is InChI=1S/C6H11NO/c1-2-5-3-7-4-6(5)8/h4-5,7-8H,2-3H2,1H3/t5-/m0/s1. The molecule has 0 amide bonds. The minimum absolute atomic E-state index is 0.370. The van der Waals surface area contributed by atoms with E-state index in [2.05, 4.69) is 12.2 Å². The van der Waals surface area contributed by atoms with Crippen molar-refractivity contribution in [2.24, 2.45) is 5.92 Å². The van der Waals surface area contributed by atoms with Gasteiger partial charge in [-0.05, 0) is 6.42 Å². The summed E-state index contributed by atoms with van der Waals surface area (Å²) in [6, 6.07) is 0. The second kappa shape index (κ2) is 2.07. The van der Waals surface area contributed by atoms with Gasteiger partial charge < -0.3 is 10.4 Å². The maximum atomic E-state index is 8.99. The van der Waals surface area contributed by atoms with E-state index >= 15 is 0 Å². The van der Waals surface area contributed by atoms with Crippen molar-refractivity contribution < 1.29 is 5.11 Å². The van der Waals surface area contributed by atoms with Crippen molar-refractivity contribution >= 4 is 0 Å². The fraction of sp³-hybridized carbons (Fsp3) is 0.667. The van der Waals surface area contributed by atoms with E-state index in [9.17, 15) is 0 Å². The van der Waals surface area contributed by atoms with Crippen molar-refractivity contribution in [3.05, 3.63) is 12.0 Å². The third-order valence-electron chi connectivity index (χ3n) is 1.53. The Morgan fingerprint density at radius 1 is 2.00 bits per heavy atom. The molecule has 2 nitrogen and oxygen atoms in total. The van der Waals surface area contributed by atoms with E-state index < -0.39 is 0 Å². The molecule has 0 aromatic carbocycles. The SMILES string of the molecule is CC[C@H]1CNC=C1O. The highest BCUT2D eigenvalue weighted by molar-refractivity contribution is 5.02. The lowest BCUT2D eigenvalue weighted by molar-refractivity contribution is 0.341. The van der Waals surface area contributed by atoms with Gasteiger partial charge in [-0.1, -0.05) is 6.92 Å². The molecule has 1 aliphatic heterocycles. The highest BCUT2D eigenvalue weighted by atomic mass is 16.3. The van der Waals surface area contributed by atoms with Gasteiger partial charge in [-0.15, -0.1) is 0 Å². The molecule has 0 aromatic heterocycles. The molecule has 0 saturated heterocycles. The van der Waals surface area contributed by atoms with Crippen molar-refractivity contribution in [3.8, 4) is 0 Å². The van der Waals surface area contributed by atoms with Gasteiger partial charge >= 0.3 is 0 Å². The molecule has 1 aliphatic rings. The average Bonchev–Trinajstić information content (AvgIpc) is 2.14. The van der Waals surface area contributed by atoms with Crippen molar-refractivity contribution in [2.45, 2.75) is 13.3 Å². The van der Waals surface area contributed by atoms with Crippen LogP contribution in [0, 0.1) is 5.92 Å². The first kappa shape index (κ1) is 5.48. The summed E-state index contributed by atoms with van der Waals surface area (Å²) in [7, 11) is 0. The Bertz CT molecular complexity index is 109. The molecule has 46 valence electrons. The van der Waals surface area contributed by atoms with E-state index in [-0.39, 0.29) is 0 Å². The van der Waals surface area contributed by atoms with E-state index in [1.807, 2.05) is 0 Å². The molecule has 1 heterocycles. The summed E-state index contributed by atoms with van der Waals surface area (Å²) in [6.45, 7) is 2.98. The van der Waals surface area contributed by atoms with Crippen molar-refractivity contribution in [1.82, 2.24) is 5.32 Å². The number of hydrogen-bond acceptors (Lipinski definition) is 2. The van der Waals surface area contributed by atoms with Crippen LogP contribution in [0.5, 0.6) is 0 Å². The molecule has 1 rings (SSSR count). The van der Waals surface area contributed by atoms with Gasteiger partial charge in [0.1, 0.15) is 5.76 Å². The van der Waals surface area contributed by atoms with Crippen LogP contribution >= 0.6 is 0 Å². The van der Waals surface area contributed by atoms with Gasteiger partial charge in [0.25, 0.3) is 0 Å². The molecule has 0 radical (unpaired) electrons. The summed E-state index contributed by atoms with van der Waals surface area (Å²) < 4.78 is 0. The second-order valence-electron chi connectivity index (χ2n) is 2.08. The van der Waals surface area contributed by atoms with Gasteiger partial charge in [-0.25, -0.2) is 0 Å². The predicted octanol–water partition coefficient (Wildman–Crippen LogP) is 1.02. The third kappa shape index (κ3) is 0.782. The van der Waals surface area contributed by atoms with Crippen LogP contribution < -0.4 is 5.32 Å². The van der Waals surface area contributed by atoms with Gasteiger partial charge in [-0.3, -0.25) is 0 Å². The first-order valence-electron chi connectivity index (χ1n) is 2.97. The normalized spacial score (nSPS) is 27.1. The highest BCUT2D eigenvalue weighted by Crippen LogP contribution is 2.14. The minimum Gasteiger partial charge on any atom is -0.510 e. The number of hydrogen-bond donors (Lipinski definition) is 2. The van der Waals surface area contributed by atoms with Crippen molar-refractivity contribution in [1.29, 1.82) is 0 Å². The molecule has 0 aliphatic carbocycles. The average molecular weight is 113 g/mol. The molecule has 0 unspecified atom stereocenters. The van der Waals surface area contributed by atoms with E-state index in [0.717, 1.165) is 13.0 Å². The maximum absolute atomic E-state index is 8.99. The number of nitrogens with one attached hydrogen (secondary N) is 1. The lowest BCUT2D eigenvalue weighted by Crippen LogP contribution is -2.08. The molecule has 2 N–H and O–H groups in total. The number of aliphatic hydroxyl groups is 1. The summed E-state index contributed by atoms with van der Waals surface area (Å²) in [5.41, 5.74) is 0. The maximum Gasteiger partial charge on any atom is 0.113 e. The lowest BCUT2D eigenvalue weighted by atomic mass is 10.1. The molecule has 0 fully saturated rings. The molecule has 0 saturated carbocycles. The summed E-state index contributed by atoms with van der Waals surface area (Å²) in [6.07, 6.45) is 2.70. The van der Waals surface area contributed by atoms with Crippen molar-refractivity contribution in [3.63, 3.8) is 0 Å². The fourth-order valence-electron chi connectivity index (χ4n) is 0.882. The fourth-order valence-corrected chi connectivity index (χ4v) is 0.882. The van der Waals surface area contributed by atoms with Crippen molar-refractivity contribution in [2.75, 3.05) is 6.54 Å². The molecule has 1 atom stereocenters. The zero-order valence-corrected chi connectivity index (χ0v) is 5.02. The van der Waals surface area contributed by atoms with Crippen LogP contribution in [0.3, 0.4) is 0 Å². The summed E-state index contributed by atoms with van der Waals surface area (Å²) in [5.74, 6) is 0.877. The largest absolute Gasteiger partial charge is 0.510 e. The highest BCUT2D eigenvalue weighted by Gasteiger charge is 2.14. The van der Waals surface area contributed by atoms with Gasteiger partial charge in [0.05, 0.1) is 0 Å². The Morgan fingerprint density at radius 2 is 2.75 bits per heavy atom. The topological polar surface area (TPSA) is 32.3 Å². The number of rotatable bonds is 1. The van der Waals surface area contributed by atoms with Gasteiger partial charge in [-0.2, -0.15) is 0 Å². The van der Waals surface area contributed by atoms with Gasteiger partial charge in [0.2, 0.25) is 0 Å². The molecule has 2 heteroatoms. The van der Waals surface area contributed by atoms with E-state index in [1.54, 1.807) is 6.20 Å². The lowest BCUT2D eigenvalue weighted by Gasteiger charge is -2.02. The molecule has 0 aromatic rings. The Kier molecular flexibility index (Phi) is 1.42. The molecular formula is C6H11NO. The Balaban J connectivity index is 2.46. The van der Waals surface area contributed by atoms with Crippen LogP contribution in [0.1, 0.15) is 13.3 Å². The van der Waals surface area contributed by atoms with Crippen LogP contribution in [0.4, 0.5) is 0 Å². The van der Waals surface area contributed by atoms with Crippen LogP contribution in [0.15, 0.2) is 12.0 Å². The zero-order chi connectivity index (χ0) is 5.98. The molecule has 8 heavy (non-hydrogen) atoms. The Morgan fingerprint density at radius 3 is 3.00 bits per heavy atom. The van der Waals surface area contributed by atoms with Crippen LogP contribution in [0.2, 0.25) is 0 Å². The van der Waals surface area contributed by atoms with Crippen LogP contribution in [0.25, 0.3) is 0 Å². The van der Waals surface area contributed by atoms with E-state index in [4.69, 9.17) is 5.11 Å². The summed E-state index contributed by atoms with van der Waals surface area (Å²) >= 11 is 0. The molecule has 0 spiro atoms. The quantitative estimate of drug-likeness (QED) is 0.532. The van der Waals surface area contributed by atoms with Gasteiger partial charge in [0.15, 0.2) is 0 Å². The monoisotopic (exact) mass is 113 g/mol. The Labute approximate surface area is 49.2 Å². The minimum atomic E-state index is 0.370. The number of aliphatic hydroxyl groups excluding tert-OH is 1. The Hall–Kier alpha value is -0.660. The zero-order valence-electron chi connectivity index (χ0n) is 5.02. The molecule has 0 bridgehead atoms. The first-order valence-corrected chi connectivity index (χ1v) is 2.97. The van der Waals surface area contributed by atoms with Gasteiger partial charge in [0, 0.05) is 18.7 Å². The third-order valence-corrected chi connectivity index (χ3v) is 1.53. The van der Waals surface area contributed by atoms with E-state index in [1.165, 1.54) is 0 Å². The second-order valence-corrected chi connectivity index (χ2v) is 2.08. The summed E-state index contributed by atoms with van der Waals surface area (Å²) in [4.78, 5) is 0.